The van der Waals surface area contributed by atoms with Crippen LogP contribution in [0.25, 0.3) is 0 Å². The van der Waals surface area contributed by atoms with E-state index in [1.807, 2.05) is 6.07 Å². The van der Waals surface area contributed by atoms with Gasteiger partial charge in [-0.15, -0.1) is 13.2 Å². The Hall–Kier alpha value is -1.90. The molecule has 0 radical (unpaired) electrons. The molecular weight excluding hydrogens is 190 g/mol. The molecule has 0 fully saturated rings. The van der Waals surface area contributed by atoms with Crippen LogP contribution >= 0.6 is 0 Å². The number of hydrogen-bond acceptors (Lipinski definition) is 2. The van der Waals surface area contributed by atoms with Gasteiger partial charge in [-0.2, -0.15) is 0 Å². The average molecular weight is 203 g/mol. The number of rotatable bonds is 5. The molecule has 0 saturated heterocycles. The quantitative estimate of drug-likeness (QED) is 0.419. The van der Waals surface area contributed by atoms with Crippen LogP contribution in [0.2, 0.25) is 0 Å². The van der Waals surface area contributed by atoms with Crippen LogP contribution in [0, 0.1) is 10.1 Å². The van der Waals surface area contributed by atoms with E-state index < -0.39 is 0 Å². The first kappa shape index (κ1) is 11.2. The molecule has 1 rings (SSSR count). The Morgan fingerprint density at radius 1 is 1.27 bits per heavy atom. The van der Waals surface area contributed by atoms with Crippen molar-refractivity contribution in [2.45, 2.75) is 12.8 Å². The van der Waals surface area contributed by atoms with Crippen LogP contribution in [0.5, 0.6) is 0 Å². The molecule has 15 heavy (non-hydrogen) atoms. The Morgan fingerprint density at radius 3 is 2.47 bits per heavy atom. The van der Waals surface area contributed by atoms with Crippen LogP contribution in [0.1, 0.15) is 11.1 Å². The van der Waals surface area contributed by atoms with Crippen LogP contribution < -0.4 is 0 Å². The van der Waals surface area contributed by atoms with Crippen molar-refractivity contribution < 1.29 is 4.92 Å². The minimum Gasteiger partial charge on any atom is -0.258 e. The third-order valence-corrected chi connectivity index (χ3v) is 2.09. The molecule has 0 bridgehead atoms. The van der Waals surface area contributed by atoms with E-state index in [1.54, 1.807) is 24.3 Å². The molecular formula is C12H13NO2. The highest BCUT2D eigenvalue weighted by Gasteiger charge is 2.12. The zero-order valence-electron chi connectivity index (χ0n) is 8.48. The molecule has 0 spiro atoms. The lowest BCUT2D eigenvalue weighted by Crippen LogP contribution is -1.96. The van der Waals surface area contributed by atoms with Gasteiger partial charge in [-0.1, -0.05) is 24.3 Å². The van der Waals surface area contributed by atoms with Gasteiger partial charge in [0.15, 0.2) is 0 Å². The van der Waals surface area contributed by atoms with E-state index in [-0.39, 0.29) is 10.6 Å². The zero-order valence-corrected chi connectivity index (χ0v) is 8.48. The Balaban J connectivity index is 3.13. The zero-order chi connectivity index (χ0) is 11.3. The van der Waals surface area contributed by atoms with Gasteiger partial charge in [0.25, 0.3) is 5.69 Å². The summed E-state index contributed by atoms with van der Waals surface area (Å²) in [7, 11) is 0. The number of nitro groups is 1. The van der Waals surface area contributed by atoms with E-state index in [4.69, 9.17) is 0 Å². The second kappa shape index (κ2) is 5.10. The summed E-state index contributed by atoms with van der Waals surface area (Å²) >= 11 is 0. The van der Waals surface area contributed by atoms with Crippen molar-refractivity contribution in [3.05, 3.63) is 64.8 Å². The number of hydrogen-bond donors (Lipinski definition) is 0. The standard InChI is InChI=1S/C12H13NO2/c1-3-5-10-7-8-11(6-4-2)12(9-10)13(14)15/h3-4,7-9H,1-2,5-6H2. The third-order valence-electron chi connectivity index (χ3n) is 2.09. The molecule has 0 unspecified atom stereocenters. The molecule has 3 heteroatoms. The maximum Gasteiger partial charge on any atom is 0.273 e. The maximum absolute atomic E-state index is 10.8. The second-order valence-corrected chi connectivity index (χ2v) is 3.21. The largest absolute Gasteiger partial charge is 0.273 e. The second-order valence-electron chi connectivity index (χ2n) is 3.21. The van der Waals surface area contributed by atoms with Crippen LogP contribution in [-0.4, -0.2) is 4.92 Å². The fourth-order valence-electron chi connectivity index (χ4n) is 1.40. The highest BCUT2D eigenvalue weighted by molar-refractivity contribution is 5.44. The van der Waals surface area contributed by atoms with Gasteiger partial charge in [0.2, 0.25) is 0 Å². The van der Waals surface area contributed by atoms with Crippen molar-refractivity contribution in [3.63, 3.8) is 0 Å². The van der Waals surface area contributed by atoms with Gasteiger partial charge >= 0.3 is 0 Å². The van der Waals surface area contributed by atoms with Gasteiger partial charge in [-0.25, -0.2) is 0 Å². The first-order valence-corrected chi connectivity index (χ1v) is 4.67. The molecule has 0 aliphatic heterocycles. The minimum atomic E-state index is -0.356. The molecule has 0 aliphatic rings. The van der Waals surface area contributed by atoms with Crippen LogP contribution in [-0.2, 0) is 12.8 Å². The van der Waals surface area contributed by atoms with Gasteiger partial charge in [0.1, 0.15) is 0 Å². The van der Waals surface area contributed by atoms with E-state index in [2.05, 4.69) is 13.2 Å². The minimum absolute atomic E-state index is 0.161. The lowest BCUT2D eigenvalue weighted by Gasteiger charge is -2.02. The highest BCUT2D eigenvalue weighted by Crippen LogP contribution is 2.21. The SMILES string of the molecule is C=CCc1ccc(CC=C)c([N+](=O)[O-])c1. The smallest absolute Gasteiger partial charge is 0.258 e. The van der Waals surface area contributed by atoms with E-state index in [0.29, 0.717) is 18.4 Å². The molecule has 0 N–H and O–H groups in total. The van der Waals surface area contributed by atoms with E-state index in [0.717, 1.165) is 5.56 Å². The van der Waals surface area contributed by atoms with E-state index in [9.17, 15) is 10.1 Å². The summed E-state index contributed by atoms with van der Waals surface area (Å²) in [4.78, 5) is 10.4. The first-order valence-electron chi connectivity index (χ1n) is 4.67. The average Bonchev–Trinajstić information content (AvgIpc) is 2.21. The summed E-state index contributed by atoms with van der Waals surface area (Å²) < 4.78 is 0. The van der Waals surface area contributed by atoms with Crippen molar-refractivity contribution in [1.29, 1.82) is 0 Å². The molecule has 1 aromatic carbocycles. The molecule has 3 nitrogen and oxygen atoms in total. The summed E-state index contributed by atoms with van der Waals surface area (Å²) in [6, 6.07) is 5.26. The fourth-order valence-corrected chi connectivity index (χ4v) is 1.40. The number of allylic oxidation sites excluding steroid dienone is 2. The van der Waals surface area contributed by atoms with Crippen molar-refractivity contribution in [1.82, 2.24) is 0 Å². The molecule has 78 valence electrons. The Labute approximate surface area is 88.9 Å². The topological polar surface area (TPSA) is 43.1 Å². The maximum atomic E-state index is 10.8. The van der Waals surface area contributed by atoms with E-state index >= 15 is 0 Å². The number of nitro benzene ring substituents is 1. The fraction of sp³-hybridized carbons (Fsp3) is 0.167. The van der Waals surface area contributed by atoms with Crippen molar-refractivity contribution in [3.8, 4) is 0 Å². The van der Waals surface area contributed by atoms with Gasteiger partial charge in [-0.3, -0.25) is 10.1 Å². The van der Waals surface area contributed by atoms with Crippen molar-refractivity contribution in [2.75, 3.05) is 0 Å². The third kappa shape index (κ3) is 2.77. The molecule has 0 aliphatic carbocycles. The molecule has 0 aromatic heterocycles. The van der Waals surface area contributed by atoms with Crippen LogP contribution in [0.15, 0.2) is 43.5 Å². The van der Waals surface area contributed by atoms with E-state index in [1.165, 1.54) is 0 Å². The Morgan fingerprint density at radius 2 is 1.93 bits per heavy atom. The highest BCUT2D eigenvalue weighted by atomic mass is 16.6. The molecule has 0 heterocycles. The summed E-state index contributed by atoms with van der Waals surface area (Å²) in [5, 5.41) is 10.8. The number of benzene rings is 1. The van der Waals surface area contributed by atoms with Crippen molar-refractivity contribution >= 4 is 5.69 Å². The lowest BCUT2D eigenvalue weighted by atomic mass is 10.0. The van der Waals surface area contributed by atoms with Gasteiger partial charge in [0, 0.05) is 11.6 Å². The Bertz CT molecular complexity index is 397. The summed E-state index contributed by atoms with van der Waals surface area (Å²) in [6.45, 7) is 7.18. The number of nitrogens with zero attached hydrogens (tertiary/aromatic N) is 1. The Kier molecular flexibility index (Phi) is 3.80. The van der Waals surface area contributed by atoms with Crippen molar-refractivity contribution in [2.24, 2.45) is 0 Å². The predicted molar refractivity (Wildman–Crippen MR) is 60.9 cm³/mol. The normalized spacial score (nSPS) is 9.60. The molecule has 0 saturated carbocycles. The van der Waals surface area contributed by atoms with Gasteiger partial charge < -0.3 is 0 Å². The molecule has 1 aromatic rings. The summed E-state index contributed by atoms with van der Waals surface area (Å²) in [5.41, 5.74) is 1.77. The van der Waals surface area contributed by atoms with Crippen LogP contribution in [0.3, 0.4) is 0 Å². The van der Waals surface area contributed by atoms with Crippen LogP contribution in [0.4, 0.5) is 5.69 Å². The van der Waals surface area contributed by atoms with Gasteiger partial charge in [-0.05, 0) is 18.4 Å². The molecule has 0 amide bonds. The summed E-state index contributed by atoms with van der Waals surface area (Å²) in [6.07, 6.45) is 4.56. The lowest BCUT2D eigenvalue weighted by molar-refractivity contribution is -0.385. The first-order chi connectivity index (χ1) is 7.19. The predicted octanol–water partition coefficient (Wildman–Crippen LogP) is 3.05. The van der Waals surface area contributed by atoms with Gasteiger partial charge in [0.05, 0.1) is 4.92 Å². The monoisotopic (exact) mass is 203 g/mol. The molecule has 0 atom stereocenters. The summed E-state index contributed by atoms with van der Waals surface area (Å²) in [5.74, 6) is 0.